The van der Waals surface area contributed by atoms with Gasteiger partial charge in [-0.3, -0.25) is 14.2 Å². The summed E-state index contributed by atoms with van der Waals surface area (Å²) in [5, 5.41) is 15.2. The van der Waals surface area contributed by atoms with Gasteiger partial charge in [0.1, 0.15) is 0 Å². The number of rotatable bonds is 9. The third kappa shape index (κ3) is 6.20. The van der Waals surface area contributed by atoms with Crippen LogP contribution in [0.15, 0.2) is 66.1 Å². The molecule has 0 bridgehead atoms. The lowest BCUT2D eigenvalue weighted by molar-refractivity contribution is -0.113. The van der Waals surface area contributed by atoms with E-state index in [9.17, 15) is 9.59 Å². The normalized spacial score (nSPS) is 10.3. The fourth-order valence-corrected chi connectivity index (χ4v) is 3.58. The Labute approximate surface area is 185 Å². The number of aromatic nitrogens is 2. The first-order valence-electron chi connectivity index (χ1n) is 9.95. The Morgan fingerprint density at radius 3 is 2.55 bits per heavy atom. The zero-order valence-electron chi connectivity index (χ0n) is 17.2. The smallest absolute Gasteiger partial charge is 0.251 e. The van der Waals surface area contributed by atoms with Gasteiger partial charge in [-0.25, -0.2) is 4.98 Å². The highest BCUT2D eigenvalue weighted by Gasteiger charge is 2.11. The number of nitriles is 1. The van der Waals surface area contributed by atoms with Crippen molar-refractivity contribution in [3.05, 3.63) is 72.1 Å². The van der Waals surface area contributed by atoms with Gasteiger partial charge in [-0.15, -0.1) is 0 Å². The van der Waals surface area contributed by atoms with Crippen LogP contribution in [0, 0.1) is 11.3 Å². The summed E-state index contributed by atoms with van der Waals surface area (Å²) in [6, 6.07) is 16.0. The summed E-state index contributed by atoms with van der Waals surface area (Å²) in [5.41, 5.74) is 2.65. The van der Waals surface area contributed by atoms with E-state index in [1.807, 2.05) is 29.0 Å². The van der Waals surface area contributed by atoms with Gasteiger partial charge in [-0.1, -0.05) is 25.1 Å². The minimum atomic E-state index is -0.164. The Morgan fingerprint density at radius 1 is 1.13 bits per heavy atom. The molecule has 0 fully saturated rings. The molecule has 0 radical (unpaired) electrons. The molecular formula is C23H23N5O2S. The average molecular weight is 434 g/mol. The van der Waals surface area contributed by atoms with E-state index in [2.05, 4.69) is 22.5 Å². The van der Waals surface area contributed by atoms with Gasteiger partial charge in [0.2, 0.25) is 5.91 Å². The highest BCUT2D eigenvalue weighted by Crippen LogP contribution is 2.21. The Morgan fingerprint density at radius 2 is 1.87 bits per heavy atom. The minimum absolute atomic E-state index is 0.0836. The van der Waals surface area contributed by atoms with Crippen LogP contribution in [-0.4, -0.2) is 33.7 Å². The van der Waals surface area contributed by atoms with Crippen molar-refractivity contribution >= 4 is 29.3 Å². The van der Waals surface area contributed by atoms with E-state index >= 15 is 0 Å². The van der Waals surface area contributed by atoms with Gasteiger partial charge < -0.3 is 10.6 Å². The molecule has 158 valence electrons. The first kappa shape index (κ1) is 22.1. The monoisotopic (exact) mass is 433 g/mol. The predicted molar refractivity (Wildman–Crippen MR) is 121 cm³/mol. The van der Waals surface area contributed by atoms with Crippen LogP contribution in [-0.2, 0) is 4.79 Å². The molecule has 3 aromatic rings. The van der Waals surface area contributed by atoms with Crippen molar-refractivity contribution in [3.8, 4) is 11.8 Å². The first-order chi connectivity index (χ1) is 15.1. The zero-order valence-corrected chi connectivity index (χ0v) is 18.0. The van der Waals surface area contributed by atoms with Gasteiger partial charge in [0.25, 0.3) is 5.91 Å². The second-order valence-electron chi connectivity index (χ2n) is 6.76. The second kappa shape index (κ2) is 11.0. The van der Waals surface area contributed by atoms with Gasteiger partial charge in [-0.2, -0.15) is 5.26 Å². The van der Waals surface area contributed by atoms with E-state index in [-0.39, 0.29) is 17.6 Å². The fourth-order valence-electron chi connectivity index (χ4n) is 2.80. The van der Waals surface area contributed by atoms with Crippen LogP contribution in [0.4, 0.5) is 5.69 Å². The van der Waals surface area contributed by atoms with Crippen molar-refractivity contribution in [3.63, 3.8) is 0 Å². The number of carbonyl (C=O) groups is 2. The van der Waals surface area contributed by atoms with E-state index in [1.165, 1.54) is 11.8 Å². The SMILES string of the molecule is CCCCNC(=O)c1ccc(-n2ccnc2SCC(=O)Nc2ccc(C#N)cc2)cc1. The number of anilines is 1. The molecule has 0 aliphatic carbocycles. The molecule has 7 nitrogen and oxygen atoms in total. The lowest BCUT2D eigenvalue weighted by atomic mass is 10.2. The molecule has 0 saturated heterocycles. The molecule has 0 unspecified atom stereocenters. The quantitative estimate of drug-likeness (QED) is 0.392. The number of thioether (sulfide) groups is 1. The molecule has 3 rings (SSSR count). The third-order valence-electron chi connectivity index (χ3n) is 4.46. The Kier molecular flexibility index (Phi) is 7.85. The zero-order chi connectivity index (χ0) is 22.1. The number of amides is 2. The van der Waals surface area contributed by atoms with E-state index in [1.54, 1.807) is 42.6 Å². The number of hydrogen-bond acceptors (Lipinski definition) is 5. The predicted octanol–water partition coefficient (Wildman–Crippen LogP) is 4.00. The van der Waals surface area contributed by atoms with Crippen LogP contribution in [0.25, 0.3) is 5.69 Å². The summed E-state index contributed by atoms with van der Waals surface area (Å²) in [5.74, 6) is -0.0577. The highest BCUT2D eigenvalue weighted by molar-refractivity contribution is 7.99. The molecule has 0 aliphatic heterocycles. The van der Waals surface area contributed by atoms with Crippen LogP contribution in [0.1, 0.15) is 35.7 Å². The summed E-state index contributed by atoms with van der Waals surface area (Å²) in [6.07, 6.45) is 5.48. The van der Waals surface area contributed by atoms with Crippen LogP contribution in [0.3, 0.4) is 0 Å². The maximum atomic E-state index is 12.3. The van der Waals surface area contributed by atoms with E-state index < -0.39 is 0 Å². The van der Waals surface area contributed by atoms with Gasteiger partial charge >= 0.3 is 0 Å². The van der Waals surface area contributed by atoms with Crippen LogP contribution >= 0.6 is 11.8 Å². The summed E-state index contributed by atoms with van der Waals surface area (Å²) in [6.45, 7) is 2.75. The van der Waals surface area contributed by atoms with Crippen LogP contribution < -0.4 is 10.6 Å². The minimum Gasteiger partial charge on any atom is -0.352 e. The topological polar surface area (TPSA) is 99.8 Å². The molecule has 1 aromatic heterocycles. The second-order valence-corrected chi connectivity index (χ2v) is 7.70. The van der Waals surface area contributed by atoms with E-state index in [0.29, 0.717) is 28.5 Å². The summed E-state index contributed by atoms with van der Waals surface area (Å²) in [4.78, 5) is 28.7. The molecule has 2 amide bonds. The molecular weight excluding hydrogens is 410 g/mol. The molecule has 0 spiro atoms. The molecule has 0 atom stereocenters. The van der Waals surface area contributed by atoms with Gasteiger partial charge in [0.05, 0.1) is 17.4 Å². The number of imidazole rings is 1. The van der Waals surface area contributed by atoms with Crippen molar-refractivity contribution in [1.29, 1.82) is 5.26 Å². The van der Waals surface area contributed by atoms with Gasteiger partial charge in [0.15, 0.2) is 5.16 Å². The molecule has 8 heteroatoms. The third-order valence-corrected chi connectivity index (χ3v) is 5.43. The van der Waals surface area contributed by atoms with Crippen molar-refractivity contribution in [2.75, 3.05) is 17.6 Å². The Balaban J connectivity index is 1.58. The fraction of sp³-hybridized carbons (Fsp3) is 0.217. The number of unbranched alkanes of at least 4 members (excludes halogenated alkanes) is 1. The Hall–Kier alpha value is -3.57. The maximum absolute atomic E-state index is 12.3. The number of carbonyl (C=O) groups excluding carboxylic acids is 2. The standard InChI is InChI=1S/C23H23N5O2S/c1-2-3-12-25-22(30)18-6-10-20(11-7-18)28-14-13-26-23(28)31-16-21(29)27-19-8-4-17(15-24)5-9-19/h4-11,13-14H,2-3,12,16H2,1H3,(H,25,30)(H,27,29). The van der Waals surface area contributed by atoms with Crippen LogP contribution in [0.5, 0.6) is 0 Å². The van der Waals surface area contributed by atoms with Crippen molar-refractivity contribution in [1.82, 2.24) is 14.9 Å². The molecule has 1 heterocycles. The summed E-state index contributed by atoms with van der Waals surface area (Å²) in [7, 11) is 0. The first-order valence-corrected chi connectivity index (χ1v) is 10.9. The van der Waals surface area contributed by atoms with Gasteiger partial charge in [-0.05, 0) is 55.0 Å². The van der Waals surface area contributed by atoms with Crippen molar-refractivity contribution in [2.45, 2.75) is 24.9 Å². The van der Waals surface area contributed by atoms with Crippen molar-refractivity contribution in [2.24, 2.45) is 0 Å². The van der Waals surface area contributed by atoms with E-state index in [4.69, 9.17) is 5.26 Å². The lowest BCUT2D eigenvalue weighted by Crippen LogP contribution is -2.24. The molecule has 31 heavy (non-hydrogen) atoms. The molecule has 0 aliphatic rings. The number of nitrogens with one attached hydrogen (secondary N) is 2. The number of benzene rings is 2. The number of hydrogen-bond donors (Lipinski definition) is 2. The summed E-state index contributed by atoms with van der Waals surface area (Å²) >= 11 is 1.32. The Bertz CT molecular complexity index is 1070. The molecule has 2 aromatic carbocycles. The number of nitrogens with zero attached hydrogens (tertiary/aromatic N) is 3. The molecule has 2 N–H and O–H groups in total. The maximum Gasteiger partial charge on any atom is 0.251 e. The summed E-state index contributed by atoms with van der Waals surface area (Å²) < 4.78 is 1.87. The average Bonchev–Trinajstić information content (AvgIpc) is 3.27. The van der Waals surface area contributed by atoms with Crippen molar-refractivity contribution < 1.29 is 9.59 Å². The van der Waals surface area contributed by atoms with E-state index in [0.717, 1.165) is 18.5 Å². The highest BCUT2D eigenvalue weighted by atomic mass is 32.2. The molecule has 0 saturated carbocycles. The van der Waals surface area contributed by atoms with Gasteiger partial charge in [0, 0.05) is 35.9 Å². The largest absolute Gasteiger partial charge is 0.352 e. The van der Waals surface area contributed by atoms with Crippen LogP contribution in [0.2, 0.25) is 0 Å². The lowest BCUT2D eigenvalue weighted by Gasteiger charge is -2.09.